The quantitative estimate of drug-likeness (QED) is 0.563. The number of ether oxygens (including phenoxy) is 1. The Balaban J connectivity index is 1.33. The van der Waals surface area contributed by atoms with E-state index in [9.17, 15) is 9.18 Å². The predicted molar refractivity (Wildman–Crippen MR) is 111 cm³/mol. The van der Waals surface area contributed by atoms with Gasteiger partial charge in [0.2, 0.25) is 0 Å². The molecule has 1 aliphatic rings. The molecule has 3 aromatic rings. The Morgan fingerprint density at radius 1 is 1.27 bits per heavy atom. The largest absolute Gasteiger partial charge is 0.484 e. The van der Waals surface area contributed by atoms with E-state index in [0.29, 0.717) is 36.2 Å². The Morgan fingerprint density at radius 2 is 2.10 bits per heavy atom. The van der Waals surface area contributed by atoms with Gasteiger partial charge in [-0.15, -0.1) is 0 Å². The Bertz CT molecular complexity index is 1010. The molecular weight excluding hydrogens is 407 g/mol. The van der Waals surface area contributed by atoms with Crippen LogP contribution in [0.5, 0.6) is 5.75 Å². The number of piperidine rings is 1. The summed E-state index contributed by atoms with van der Waals surface area (Å²) in [5.74, 6) is 1.51. The van der Waals surface area contributed by atoms with Gasteiger partial charge in [0.25, 0.3) is 5.91 Å². The second kappa shape index (κ2) is 9.30. The molecule has 0 bridgehead atoms. The van der Waals surface area contributed by atoms with Crippen molar-refractivity contribution < 1.29 is 18.3 Å². The van der Waals surface area contributed by atoms with Crippen molar-refractivity contribution in [2.24, 2.45) is 0 Å². The number of amides is 1. The minimum Gasteiger partial charge on any atom is -0.484 e. The van der Waals surface area contributed by atoms with Crippen LogP contribution in [0, 0.1) is 5.82 Å². The number of benzene rings is 2. The standard InChI is InChI=1S/C23H22ClFN2O3/c24-18-5-1-3-16(11-18)12-21-13-26-23(30-21)17-4-2-10-27(14-17)22(28)15-29-20-8-6-19(25)7-9-20/h1,3,5-9,11,13,17H,2,4,10,12,14-15H2/t17-/m1/s1. The highest BCUT2D eigenvalue weighted by molar-refractivity contribution is 6.30. The highest BCUT2D eigenvalue weighted by atomic mass is 35.5. The molecule has 0 radical (unpaired) electrons. The zero-order valence-corrected chi connectivity index (χ0v) is 17.1. The number of likely N-dealkylation sites (tertiary alicyclic amines) is 1. The highest BCUT2D eigenvalue weighted by Gasteiger charge is 2.28. The lowest BCUT2D eigenvalue weighted by molar-refractivity contribution is -0.134. The molecule has 0 aliphatic carbocycles. The van der Waals surface area contributed by atoms with Gasteiger partial charge in [-0.25, -0.2) is 9.37 Å². The van der Waals surface area contributed by atoms with E-state index in [2.05, 4.69) is 4.98 Å². The number of aromatic nitrogens is 1. The highest BCUT2D eigenvalue weighted by Crippen LogP contribution is 2.27. The van der Waals surface area contributed by atoms with E-state index in [4.69, 9.17) is 20.8 Å². The number of halogens is 2. The molecule has 0 spiro atoms. The van der Waals surface area contributed by atoms with E-state index in [0.717, 1.165) is 24.2 Å². The molecule has 1 saturated heterocycles. The van der Waals surface area contributed by atoms with Crippen LogP contribution in [0.15, 0.2) is 59.1 Å². The fourth-order valence-corrected chi connectivity index (χ4v) is 3.83. The number of carbonyl (C=O) groups is 1. The van der Waals surface area contributed by atoms with E-state index in [1.807, 2.05) is 24.3 Å². The van der Waals surface area contributed by atoms with Gasteiger partial charge in [0, 0.05) is 24.5 Å². The van der Waals surface area contributed by atoms with Crippen LogP contribution in [-0.4, -0.2) is 35.5 Å². The Morgan fingerprint density at radius 3 is 2.90 bits per heavy atom. The summed E-state index contributed by atoms with van der Waals surface area (Å²) in [7, 11) is 0. The average molecular weight is 429 g/mol. The number of rotatable bonds is 6. The second-order valence-corrected chi connectivity index (χ2v) is 7.83. The maximum Gasteiger partial charge on any atom is 0.260 e. The fraction of sp³-hybridized carbons (Fsp3) is 0.304. The van der Waals surface area contributed by atoms with Crippen molar-refractivity contribution in [3.8, 4) is 5.75 Å². The lowest BCUT2D eigenvalue weighted by atomic mass is 9.98. The SMILES string of the molecule is O=C(COc1ccc(F)cc1)N1CCC[C@@H](c2ncc(Cc3cccc(Cl)c3)o2)C1. The first-order valence-corrected chi connectivity index (χ1v) is 10.3. The van der Waals surface area contributed by atoms with Crippen molar-refractivity contribution in [3.63, 3.8) is 0 Å². The van der Waals surface area contributed by atoms with Crippen molar-refractivity contribution in [1.82, 2.24) is 9.88 Å². The van der Waals surface area contributed by atoms with E-state index in [1.54, 1.807) is 11.1 Å². The van der Waals surface area contributed by atoms with Crippen LogP contribution in [0.3, 0.4) is 0 Å². The first-order valence-electron chi connectivity index (χ1n) is 9.92. The number of hydrogen-bond acceptors (Lipinski definition) is 4. The summed E-state index contributed by atoms with van der Waals surface area (Å²) >= 11 is 6.04. The van der Waals surface area contributed by atoms with Crippen molar-refractivity contribution in [1.29, 1.82) is 0 Å². The number of nitrogens with zero attached hydrogens (tertiary/aromatic N) is 2. The van der Waals surface area contributed by atoms with Crippen molar-refractivity contribution in [2.45, 2.75) is 25.2 Å². The lowest BCUT2D eigenvalue weighted by Crippen LogP contribution is -2.41. The summed E-state index contributed by atoms with van der Waals surface area (Å²) in [6, 6.07) is 13.3. The molecule has 5 nitrogen and oxygen atoms in total. The first-order chi connectivity index (χ1) is 14.6. The molecule has 4 rings (SSSR count). The maximum atomic E-state index is 13.0. The predicted octanol–water partition coefficient (Wildman–Crippen LogP) is 4.84. The van der Waals surface area contributed by atoms with Crippen LogP contribution >= 0.6 is 11.6 Å². The van der Waals surface area contributed by atoms with Crippen LogP contribution in [0.4, 0.5) is 4.39 Å². The van der Waals surface area contributed by atoms with E-state index in [1.165, 1.54) is 24.3 Å². The zero-order valence-electron chi connectivity index (χ0n) is 16.4. The van der Waals surface area contributed by atoms with Gasteiger partial charge in [-0.3, -0.25) is 4.79 Å². The minimum atomic E-state index is -0.340. The van der Waals surface area contributed by atoms with Crippen LogP contribution in [-0.2, 0) is 11.2 Å². The van der Waals surface area contributed by atoms with Crippen LogP contribution < -0.4 is 4.74 Å². The lowest BCUT2D eigenvalue weighted by Gasteiger charge is -2.31. The zero-order chi connectivity index (χ0) is 20.9. The van der Waals surface area contributed by atoms with Gasteiger partial charge in [-0.2, -0.15) is 0 Å². The molecule has 1 atom stereocenters. The second-order valence-electron chi connectivity index (χ2n) is 7.39. The van der Waals surface area contributed by atoms with Gasteiger partial charge in [-0.1, -0.05) is 23.7 Å². The Labute approximate surface area is 179 Å². The van der Waals surface area contributed by atoms with Crippen molar-refractivity contribution in [2.75, 3.05) is 19.7 Å². The van der Waals surface area contributed by atoms with Gasteiger partial charge in [0.1, 0.15) is 17.3 Å². The Kier molecular flexibility index (Phi) is 6.33. The fourth-order valence-electron chi connectivity index (χ4n) is 3.61. The number of carbonyl (C=O) groups excluding carboxylic acids is 1. The number of hydrogen-bond donors (Lipinski definition) is 0. The summed E-state index contributed by atoms with van der Waals surface area (Å²) < 4.78 is 24.4. The van der Waals surface area contributed by atoms with Crippen molar-refractivity contribution in [3.05, 3.63) is 82.8 Å². The van der Waals surface area contributed by atoms with E-state index >= 15 is 0 Å². The monoisotopic (exact) mass is 428 g/mol. The third-order valence-electron chi connectivity index (χ3n) is 5.14. The molecule has 156 valence electrons. The first kappa shape index (κ1) is 20.4. The molecule has 1 amide bonds. The topological polar surface area (TPSA) is 55.6 Å². The van der Waals surface area contributed by atoms with Gasteiger partial charge >= 0.3 is 0 Å². The van der Waals surface area contributed by atoms with Gasteiger partial charge in [0.15, 0.2) is 12.5 Å². The van der Waals surface area contributed by atoms with Crippen molar-refractivity contribution >= 4 is 17.5 Å². The summed E-state index contributed by atoms with van der Waals surface area (Å²) in [6.45, 7) is 1.14. The molecule has 1 aliphatic heterocycles. The normalized spacial score (nSPS) is 16.5. The number of oxazole rings is 1. The average Bonchev–Trinajstić information content (AvgIpc) is 3.22. The third-order valence-corrected chi connectivity index (χ3v) is 5.37. The van der Waals surface area contributed by atoms with Crippen LogP contribution in [0.2, 0.25) is 5.02 Å². The summed E-state index contributed by atoms with van der Waals surface area (Å²) in [4.78, 5) is 18.8. The molecule has 0 N–H and O–H groups in total. The molecule has 1 aromatic heterocycles. The van der Waals surface area contributed by atoms with Gasteiger partial charge < -0.3 is 14.1 Å². The van der Waals surface area contributed by atoms with Gasteiger partial charge in [0.05, 0.1) is 12.1 Å². The minimum absolute atomic E-state index is 0.0571. The van der Waals surface area contributed by atoms with Gasteiger partial charge in [-0.05, 0) is 54.8 Å². The molecule has 30 heavy (non-hydrogen) atoms. The van der Waals surface area contributed by atoms with E-state index in [-0.39, 0.29) is 24.2 Å². The molecular formula is C23H22ClFN2O3. The molecule has 7 heteroatoms. The smallest absolute Gasteiger partial charge is 0.260 e. The Hall–Kier alpha value is -2.86. The molecule has 2 heterocycles. The molecule has 1 fully saturated rings. The maximum absolute atomic E-state index is 13.0. The molecule has 2 aromatic carbocycles. The third kappa shape index (κ3) is 5.19. The molecule has 0 saturated carbocycles. The summed E-state index contributed by atoms with van der Waals surface area (Å²) in [5, 5.41) is 0.691. The van der Waals surface area contributed by atoms with Crippen LogP contribution in [0.1, 0.15) is 36.0 Å². The van der Waals surface area contributed by atoms with Crippen LogP contribution in [0.25, 0.3) is 0 Å². The van der Waals surface area contributed by atoms with E-state index < -0.39 is 0 Å². The summed E-state index contributed by atoms with van der Waals surface area (Å²) in [6.07, 6.45) is 4.15. The summed E-state index contributed by atoms with van der Waals surface area (Å²) in [5.41, 5.74) is 1.06. The molecule has 0 unspecified atom stereocenters.